The third-order valence-electron chi connectivity index (χ3n) is 3.38. The number of nitrogens with zero attached hydrogens (tertiary/aromatic N) is 1. The molecule has 1 amide bonds. The second-order valence-electron chi connectivity index (χ2n) is 5.04. The fraction of sp³-hybridized carbons (Fsp3) is 0.467. The van der Waals surface area contributed by atoms with E-state index in [9.17, 15) is 9.59 Å². The first-order valence-corrected chi connectivity index (χ1v) is 6.95. The molecule has 0 bridgehead atoms. The van der Waals surface area contributed by atoms with Crippen molar-refractivity contribution in [2.45, 2.75) is 19.6 Å². The highest BCUT2D eigenvalue weighted by atomic mass is 16.5. The number of amides is 1. The number of morpholine rings is 1. The van der Waals surface area contributed by atoms with Gasteiger partial charge in [-0.1, -0.05) is 12.1 Å². The second kappa shape index (κ2) is 7.19. The van der Waals surface area contributed by atoms with Crippen LogP contribution in [0.15, 0.2) is 24.3 Å². The van der Waals surface area contributed by atoms with Gasteiger partial charge in [-0.15, -0.1) is 0 Å². The average Bonchev–Trinajstić information content (AvgIpc) is 2.48. The van der Waals surface area contributed by atoms with Crippen molar-refractivity contribution in [1.82, 2.24) is 4.90 Å². The average molecular weight is 292 g/mol. The molecule has 0 aromatic heterocycles. The topological polar surface area (TPSA) is 81.9 Å². The van der Waals surface area contributed by atoms with Gasteiger partial charge >= 0.3 is 5.97 Å². The fourth-order valence-electron chi connectivity index (χ4n) is 2.05. The number of carbonyl (C=O) groups excluding carboxylic acids is 2. The molecule has 1 heterocycles. The summed E-state index contributed by atoms with van der Waals surface area (Å²) in [5, 5.41) is 0. The van der Waals surface area contributed by atoms with Crippen LogP contribution < -0.4 is 5.73 Å². The molecule has 0 radical (unpaired) electrons. The van der Waals surface area contributed by atoms with E-state index in [4.69, 9.17) is 15.2 Å². The number of hydrogen-bond donors (Lipinski definition) is 1. The van der Waals surface area contributed by atoms with Crippen molar-refractivity contribution >= 4 is 11.9 Å². The van der Waals surface area contributed by atoms with Crippen molar-refractivity contribution in [1.29, 1.82) is 0 Å². The molecule has 1 fully saturated rings. The summed E-state index contributed by atoms with van der Waals surface area (Å²) in [4.78, 5) is 25.0. The minimum absolute atomic E-state index is 0.411. The molecule has 0 saturated carbocycles. The number of esters is 1. The third-order valence-corrected chi connectivity index (χ3v) is 3.38. The van der Waals surface area contributed by atoms with E-state index in [1.807, 2.05) is 12.1 Å². The Morgan fingerprint density at radius 1 is 1.29 bits per heavy atom. The third kappa shape index (κ3) is 4.54. The van der Waals surface area contributed by atoms with E-state index in [2.05, 4.69) is 4.90 Å². The summed E-state index contributed by atoms with van der Waals surface area (Å²) in [6, 6.07) is 7.18. The molecule has 2 N–H and O–H groups in total. The zero-order valence-electron chi connectivity index (χ0n) is 12.1. The Balaban J connectivity index is 1.91. The Labute approximate surface area is 123 Å². The maximum Gasteiger partial charge on any atom is 0.338 e. The summed E-state index contributed by atoms with van der Waals surface area (Å²) in [7, 11) is 0. The molecule has 1 atom stereocenters. The molecule has 1 aliphatic rings. The van der Waals surface area contributed by atoms with Gasteiger partial charge in [0, 0.05) is 19.6 Å². The van der Waals surface area contributed by atoms with Crippen LogP contribution in [-0.2, 0) is 20.8 Å². The van der Waals surface area contributed by atoms with Crippen LogP contribution in [0.1, 0.15) is 22.8 Å². The minimum atomic E-state index is -0.925. The molecule has 21 heavy (non-hydrogen) atoms. The zero-order valence-corrected chi connectivity index (χ0v) is 12.1. The summed E-state index contributed by atoms with van der Waals surface area (Å²) in [6.45, 7) is 5.63. The highest BCUT2D eigenvalue weighted by Gasteiger charge is 2.16. The number of hydrogen-bond acceptors (Lipinski definition) is 5. The number of nitrogens with two attached hydrogens (primary N) is 1. The Bertz CT molecular complexity index is 495. The number of primary amides is 1. The predicted octanol–water partition coefficient (Wildman–Crippen LogP) is 0.549. The molecule has 2 rings (SSSR count). The zero-order chi connectivity index (χ0) is 15.2. The SMILES string of the molecule is C[C@@H](OC(=O)c1ccc(CN2CCOCC2)cc1)C(N)=O. The summed E-state index contributed by atoms with van der Waals surface area (Å²) < 4.78 is 10.3. The standard InChI is InChI=1S/C15H20N2O4/c1-11(14(16)18)21-15(19)13-4-2-12(3-5-13)10-17-6-8-20-9-7-17/h2-5,11H,6-10H2,1H3,(H2,16,18)/t11-/m1/s1. The monoisotopic (exact) mass is 292 g/mol. The molecular weight excluding hydrogens is 272 g/mol. The van der Waals surface area contributed by atoms with Gasteiger partial charge in [0.25, 0.3) is 5.91 Å². The lowest BCUT2D eigenvalue weighted by atomic mass is 10.1. The van der Waals surface area contributed by atoms with Gasteiger partial charge in [0.15, 0.2) is 6.10 Å². The first kappa shape index (κ1) is 15.5. The number of benzene rings is 1. The Hall–Kier alpha value is -1.92. The fourth-order valence-corrected chi connectivity index (χ4v) is 2.05. The van der Waals surface area contributed by atoms with Gasteiger partial charge in [-0.25, -0.2) is 4.79 Å². The summed E-state index contributed by atoms with van der Waals surface area (Å²) in [6.07, 6.45) is -0.925. The van der Waals surface area contributed by atoms with Gasteiger partial charge in [-0.3, -0.25) is 9.69 Å². The first-order chi connectivity index (χ1) is 10.1. The second-order valence-corrected chi connectivity index (χ2v) is 5.04. The summed E-state index contributed by atoms with van der Waals surface area (Å²) >= 11 is 0. The van der Waals surface area contributed by atoms with Crippen LogP contribution in [0.2, 0.25) is 0 Å². The van der Waals surface area contributed by atoms with E-state index in [0.717, 1.165) is 38.4 Å². The van der Waals surface area contributed by atoms with E-state index < -0.39 is 18.0 Å². The molecule has 1 saturated heterocycles. The summed E-state index contributed by atoms with van der Waals surface area (Å²) in [5.74, 6) is -1.20. The van der Waals surface area contributed by atoms with Crippen LogP contribution in [0, 0.1) is 0 Å². The van der Waals surface area contributed by atoms with Gasteiger partial charge in [0.2, 0.25) is 0 Å². The van der Waals surface area contributed by atoms with E-state index in [1.165, 1.54) is 6.92 Å². The van der Waals surface area contributed by atoms with Gasteiger partial charge in [-0.2, -0.15) is 0 Å². The predicted molar refractivity (Wildman–Crippen MR) is 76.6 cm³/mol. The Morgan fingerprint density at radius 2 is 1.90 bits per heavy atom. The lowest BCUT2D eigenvalue weighted by Gasteiger charge is -2.26. The molecule has 6 heteroatoms. The first-order valence-electron chi connectivity index (χ1n) is 6.95. The van der Waals surface area contributed by atoms with E-state index >= 15 is 0 Å². The molecule has 1 aliphatic heterocycles. The van der Waals surface area contributed by atoms with Crippen molar-refractivity contribution in [3.63, 3.8) is 0 Å². The van der Waals surface area contributed by atoms with Crippen molar-refractivity contribution in [3.8, 4) is 0 Å². The van der Waals surface area contributed by atoms with Crippen molar-refractivity contribution < 1.29 is 19.1 Å². The largest absolute Gasteiger partial charge is 0.449 e. The van der Waals surface area contributed by atoms with Crippen molar-refractivity contribution in [3.05, 3.63) is 35.4 Å². The maximum atomic E-state index is 11.8. The molecule has 1 aromatic carbocycles. The Morgan fingerprint density at radius 3 is 2.48 bits per heavy atom. The van der Waals surface area contributed by atoms with Crippen LogP contribution >= 0.6 is 0 Å². The van der Waals surface area contributed by atoms with E-state index in [0.29, 0.717) is 5.56 Å². The molecule has 114 valence electrons. The lowest BCUT2D eigenvalue weighted by Crippen LogP contribution is -2.35. The molecule has 1 aromatic rings. The lowest BCUT2D eigenvalue weighted by molar-refractivity contribution is -0.125. The quantitative estimate of drug-likeness (QED) is 0.801. The van der Waals surface area contributed by atoms with Crippen LogP contribution in [0.4, 0.5) is 0 Å². The Kier molecular flexibility index (Phi) is 5.30. The van der Waals surface area contributed by atoms with Gasteiger partial charge in [-0.05, 0) is 24.6 Å². The molecule has 0 unspecified atom stereocenters. The number of rotatable bonds is 5. The maximum absolute atomic E-state index is 11.8. The number of ether oxygens (including phenoxy) is 2. The smallest absolute Gasteiger partial charge is 0.338 e. The minimum Gasteiger partial charge on any atom is -0.449 e. The van der Waals surface area contributed by atoms with Gasteiger partial charge in [0.1, 0.15) is 0 Å². The number of carbonyl (C=O) groups is 2. The van der Waals surface area contributed by atoms with E-state index in [1.54, 1.807) is 12.1 Å². The molecular formula is C15H20N2O4. The highest BCUT2D eigenvalue weighted by Crippen LogP contribution is 2.10. The normalized spacial score (nSPS) is 17.2. The highest BCUT2D eigenvalue weighted by molar-refractivity contribution is 5.91. The van der Waals surface area contributed by atoms with Crippen molar-refractivity contribution in [2.24, 2.45) is 5.73 Å². The van der Waals surface area contributed by atoms with Crippen LogP contribution in [0.25, 0.3) is 0 Å². The van der Waals surface area contributed by atoms with Crippen LogP contribution in [-0.4, -0.2) is 49.2 Å². The summed E-state index contributed by atoms with van der Waals surface area (Å²) in [5.41, 5.74) is 6.59. The van der Waals surface area contributed by atoms with Crippen LogP contribution in [0.5, 0.6) is 0 Å². The van der Waals surface area contributed by atoms with E-state index in [-0.39, 0.29) is 0 Å². The van der Waals surface area contributed by atoms with Crippen molar-refractivity contribution in [2.75, 3.05) is 26.3 Å². The molecule has 0 aliphatic carbocycles. The van der Waals surface area contributed by atoms with Gasteiger partial charge < -0.3 is 15.2 Å². The molecule has 0 spiro atoms. The molecule has 6 nitrogen and oxygen atoms in total. The van der Waals surface area contributed by atoms with Gasteiger partial charge in [0.05, 0.1) is 18.8 Å². The van der Waals surface area contributed by atoms with Crippen LogP contribution in [0.3, 0.4) is 0 Å².